The van der Waals surface area contributed by atoms with Gasteiger partial charge in [0.15, 0.2) is 5.76 Å². The Kier molecular flexibility index (Phi) is 4.97. The van der Waals surface area contributed by atoms with Gasteiger partial charge in [-0.1, -0.05) is 0 Å². The van der Waals surface area contributed by atoms with Crippen molar-refractivity contribution in [2.75, 3.05) is 12.4 Å². The van der Waals surface area contributed by atoms with E-state index < -0.39 is 16.4 Å². The number of furan rings is 1. The number of nitrogens with one attached hydrogen (secondary N) is 1. The van der Waals surface area contributed by atoms with Gasteiger partial charge in [-0.15, -0.1) is 0 Å². The number of carbonyl (C=O) groups excluding carboxylic acids is 1. The maximum Gasteiger partial charge on any atom is 0.273 e. The van der Waals surface area contributed by atoms with E-state index in [4.69, 9.17) is 9.15 Å². The second kappa shape index (κ2) is 7.52. The van der Waals surface area contributed by atoms with Crippen molar-refractivity contribution in [3.05, 3.63) is 69.2 Å². The van der Waals surface area contributed by atoms with Gasteiger partial charge in [0.2, 0.25) is 5.91 Å². The highest BCUT2D eigenvalue weighted by atomic mass is 16.6. The van der Waals surface area contributed by atoms with Gasteiger partial charge in [-0.2, -0.15) is 5.10 Å². The van der Waals surface area contributed by atoms with Crippen LogP contribution in [0.1, 0.15) is 0 Å². The zero-order chi connectivity index (χ0) is 19.4. The summed E-state index contributed by atoms with van der Waals surface area (Å²) in [5.41, 5.74) is 0.00802. The molecule has 0 spiro atoms. The van der Waals surface area contributed by atoms with Crippen LogP contribution in [0.5, 0.6) is 5.75 Å². The Morgan fingerprint density at radius 3 is 2.81 bits per heavy atom. The molecule has 0 saturated heterocycles. The standard InChI is InChI=1S/C17H14N4O6/c1-26-15-9-11(21(24)25)4-5-12(15)18-16(22)10-20-17(23)7-6-13(19-20)14-3-2-8-27-14/h2-9H,10H2,1H3,(H,18,22). The molecule has 10 nitrogen and oxygen atoms in total. The lowest BCUT2D eigenvalue weighted by Crippen LogP contribution is -2.29. The minimum atomic E-state index is -0.572. The van der Waals surface area contributed by atoms with E-state index in [-0.39, 0.29) is 23.7 Å². The first-order valence-corrected chi connectivity index (χ1v) is 7.72. The van der Waals surface area contributed by atoms with E-state index in [1.165, 1.54) is 43.7 Å². The molecule has 0 aliphatic heterocycles. The van der Waals surface area contributed by atoms with Gasteiger partial charge < -0.3 is 14.5 Å². The first kappa shape index (κ1) is 17.9. The number of amides is 1. The summed E-state index contributed by atoms with van der Waals surface area (Å²) in [6, 6.07) is 9.92. The number of anilines is 1. The van der Waals surface area contributed by atoms with Crippen molar-refractivity contribution in [2.45, 2.75) is 6.54 Å². The van der Waals surface area contributed by atoms with E-state index in [1.54, 1.807) is 12.1 Å². The molecule has 2 heterocycles. The number of hydrogen-bond donors (Lipinski definition) is 1. The summed E-state index contributed by atoms with van der Waals surface area (Å²) in [7, 11) is 1.33. The predicted molar refractivity (Wildman–Crippen MR) is 94.5 cm³/mol. The Morgan fingerprint density at radius 1 is 1.33 bits per heavy atom. The number of benzene rings is 1. The third kappa shape index (κ3) is 4.00. The summed E-state index contributed by atoms with van der Waals surface area (Å²) in [5.74, 6) is 0.0386. The highest BCUT2D eigenvalue weighted by molar-refractivity contribution is 5.92. The predicted octanol–water partition coefficient (Wildman–Crippen LogP) is 2.06. The van der Waals surface area contributed by atoms with Crippen molar-refractivity contribution in [3.8, 4) is 17.2 Å². The summed E-state index contributed by atoms with van der Waals surface area (Å²) in [4.78, 5) is 34.5. The highest BCUT2D eigenvalue weighted by Gasteiger charge is 2.15. The Bertz CT molecular complexity index is 1040. The molecule has 0 atom stereocenters. The first-order chi connectivity index (χ1) is 13.0. The summed E-state index contributed by atoms with van der Waals surface area (Å²) < 4.78 is 11.3. The normalized spacial score (nSPS) is 10.4. The van der Waals surface area contributed by atoms with Crippen LogP contribution in [0.3, 0.4) is 0 Å². The van der Waals surface area contributed by atoms with E-state index in [2.05, 4.69) is 10.4 Å². The Hall–Kier alpha value is -3.95. The van der Waals surface area contributed by atoms with E-state index in [9.17, 15) is 19.7 Å². The minimum Gasteiger partial charge on any atom is -0.494 e. The summed E-state index contributed by atoms with van der Waals surface area (Å²) >= 11 is 0. The average molecular weight is 370 g/mol. The van der Waals surface area contributed by atoms with E-state index in [0.717, 1.165) is 4.68 Å². The number of hydrogen-bond acceptors (Lipinski definition) is 7. The highest BCUT2D eigenvalue weighted by Crippen LogP contribution is 2.28. The van der Waals surface area contributed by atoms with Crippen molar-refractivity contribution in [2.24, 2.45) is 0 Å². The van der Waals surface area contributed by atoms with Crippen LogP contribution in [-0.4, -0.2) is 27.7 Å². The van der Waals surface area contributed by atoms with Gasteiger partial charge in [0.1, 0.15) is 18.0 Å². The molecule has 0 radical (unpaired) electrons. The lowest BCUT2D eigenvalue weighted by atomic mass is 10.2. The molecule has 0 bridgehead atoms. The number of rotatable bonds is 6. The molecule has 0 unspecified atom stereocenters. The van der Waals surface area contributed by atoms with Crippen LogP contribution in [0.2, 0.25) is 0 Å². The van der Waals surface area contributed by atoms with Crippen molar-refractivity contribution in [1.82, 2.24) is 9.78 Å². The summed E-state index contributed by atoms with van der Waals surface area (Å²) in [6.45, 7) is -0.354. The maximum absolute atomic E-state index is 12.3. The van der Waals surface area contributed by atoms with Crippen LogP contribution in [0, 0.1) is 10.1 Å². The van der Waals surface area contributed by atoms with Crippen LogP contribution in [0.4, 0.5) is 11.4 Å². The maximum atomic E-state index is 12.3. The monoisotopic (exact) mass is 370 g/mol. The van der Waals surface area contributed by atoms with E-state index in [1.807, 2.05) is 0 Å². The zero-order valence-electron chi connectivity index (χ0n) is 14.1. The van der Waals surface area contributed by atoms with Crippen molar-refractivity contribution >= 4 is 17.3 Å². The van der Waals surface area contributed by atoms with Crippen LogP contribution >= 0.6 is 0 Å². The molecule has 1 amide bonds. The van der Waals surface area contributed by atoms with Gasteiger partial charge in [-0.25, -0.2) is 4.68 Å². The van der Waals surface area contributed by atoms with Crippen LogP contribution in [0.25, 0.3) is 11.5 Å². The lowest BCUT2D eigenvalue weighted by molar-refractivity contribution is -0.384. The molecule has 2 aromatic heterocycles. The first-order valence-electron chi connectivity index (χ1n) is 7.72. The molecule has 1 aromatic carbocycles. The molecular weight excluding hydrogens is 356 g/mol. The Morgan fingerprint density at radius 2 is 2.15 bits per heavy atom. The van der Waals surface area contributed by atoms with Crippen LogP contribution in [0.15, 0.2) is 57.9 Å². The SMILES string of the molecule is COc1cc([N+](=O)[O-])ccc1NC(=O)Cn1nc(-c2ccco2)ccc1=O. The minimum absolute atomic E-state index is 0.127. The molecule has 1 N–H and O–H groups in total. The number of nitro groups is 1. The van der Waals surface area contributed by atoms with Gasteiger partial charge in [-0.05, 0) is 24.3 Å². The zero-order valence-corrected chi connectivity index (χ0v) is 14.1. The number of aromatic nitrogens is 2. The second-order valence-electron chi connectivity index (χ2n) is 5.38. The van der Waals surface area contributed by atoms with Gasteiger partial charge >= 0.3 is 0 Å². The number of nitro benzene ring substituents is 1. The number of non-ortho nitro benzene ring substituents is 1. The van der Waals surface area contributed by atoms with Gasteiger partial charge in [0.25, 0.3) is 11.2 Å². The molecule has 138 valence electrons. The largest absolute Gasteiger partial charge is 0.494 e. The van der Waals surface area contributed by atoms with Crippen LogP contribution in [-0.2, 0) is 11.3 Å². The van der Waals surface area contributed by atoms with Gasteiger partial charge in [-0.3, -0.25) is 19.7 Å². The van der Waals surface area contributed by atoms with Crippen molar-refractivity contribution < 1.29 is 18.9 Å². The molecule has 10 heteroatoms. The van der Waals surface area contributed by atoms with Gasteiger partial charge in [0, 0.05) is 12.1 Å². The third-order valence-corrected chi connectivity index (χ3v) is 3.60. The summed E-state index contributed by atoms with van der Waals surface area (Å²) in [6.07, 6.45) is 1.47. The second-order valence-corrected chi connectivity index (χ2v) is 5.38. The number of methoxy groups -OCH3 is 1. The fraction of sp³-hybridized carbons (Fsp3) is 0.118. The Balaban J connectivity index is 1.79. The topological polar surface area (TPSA) is 130 Å². The van der Waals surface area contributed by atoms with Crippen molar-refractivity contribution in [3.63, 3.8) is 0 Å². The number of ether oxygens (including phenoxy) is 1. The fourth-order valence-electron chi connectivity index (χ4n) is 2.34. The van der Waals surface area contributed by atoms with Crippen molar-refractivity contribution in [1.29, 1.82) is 0 Å². The van der Waals surface area contributed by atoms with Gasteiger partial charge in [0.05, 0.1) is 30.1 Å². The number of nitrogens with zero attached hydrogens (tertiary/aromatic N) is 3. The molecule has 3 aromatic rings. The molecule has 0 saturated carbocycles. The fourth-order valence-corrected chi connectivity index (χ4v) is 2.34. The summed E-state index contributed by atoms with van der Waals surface area (Å²) in [5, 5.41) is 17.5. The molecule has 27 heavy (non-hydrogen) atoms. The smallest absolute Gasteiger partial charge is 0.273 e. The van der Waals surface area contributed by atoms with E-state index in [0.29, 0.717) is 11.5 Å². The molecule has 0 fully saturated rings. The molecule has 0 aliphatic rings. The molecule has 3 rings (SSSR count). The average Bonchev–Trinajstić information content (AvgIpc) is 3.18. The molecule has 0 aliphatic carbocycles. The Labute approximate surface area is 152 Å². The number of carbonyl (C=O) groups is 1. The lowest BCUT2D eigenvalue weighted by Gasteiger charge is -2.10. The van der Waals surface area contributed by atoms with E-state index >= 15 is 0 Å². The quantitative estimate of drug-likeness (QED) is 0.519. The third-order valence-electron chi connectivity index (χ3n) is 3.60. The molecular formula is C17H14N4O6. The van der Waals surface area contributed by atoms with Crippen LogP contribution < -0.4 is 15.6 Å².